The number of hydrogen-bond donors (Lipinski definition) is 2. The second-order valence-corrected chi connectivity index (χ2v) is 8.33. The number of halogens is 1. The minimum absolute atomic E-state index is 0.0664. The smallest absolute Gasteiger partial charge is 0.313 e. The van der Waals surface area contributed by atoms with Gasteiger partial charge in [-0.15, -0.1) is 11.3 Å². The summed E-state index contributed by atoms with van der Waals surface area (Å²) >= 11 is 7.28. The van der Waals surface area contributed by atoms with Gasteiger partial charge in [-0.3, -0.25) is 14.4 Å². The van der Waals surface area contributed by atoms with Crippen molar-refractivity contribution in [1.82, 2.24) is 5.32 Å². The predicted molar refractivity (Wildman–Crippen MR) is 113 cm³/mol. The quantitative estimate of drug-likeness (QED) is 0.681. The number of carbonyl (C=O) groups excluding carboxylic acids is 3. The number of benzene rings is 1. The van der Waals surface area contributed by atoms with Crippen molar-refractivity contribution in [2.45, 2.75) is 25.4 Å². The number of rotatable bonds is 6. The molecule has 0 aliphatic carbocycles. The van der Waals surface area contributed by atoms with Crippen molar-refractivity contribution in [1.29, 1.82) is 0 Å². The predicted octanol–water partition coefficient (Wildman–Crippen LogP) is 3.36. The van der Waals surface area contributed by atoms with Crippen LogP contribution in [0.25, 0.3) is 0 Å². The highest BCUT2D eigenvalue weighted by Gasteiger charge is 2.21. The fourth-order valence-corrected chi connectivity index (χ4v) is 4.22. The number of piperidine rings is 1. The number of nitrogens with one attached hydrogen (secondary N) is 2. The summed E-state index contributed by atoms with van der Waals surface area (Å²) in [6.07, 6.45) is 1.97. The Kier molecular flexibility index (Phi) is 7.24. The Labute approximate surface area is 178 Å². The van der Waals surface area contributed by atoms with Crippen molar-refractivity contribution in [2.24, 2.45) is 0 Å². The molecule has 3 rings (SSSR count). The maximum atomic E-state index is 12.2. The van der Waals surface area contributed by atoms with Crippen LogP contribution in [-0.4, -0.2) is 37.9 Å². The number of carbonyl (C=O) groups is 3. The molecular weight excluding hydrogens is 414 g/mol. The molecule has 1 fully saturated rings. The highest BCUT2D eigenvalue weighted by molar-refractivity contribution is 7.16. The normalized spacial score (nSPS) is 15.1. The molecule has 1 atom stereocenters. The molecule has 0 unspecified atom stereocenters. The van der Waals surface area contributed by atoms with Crippen molar-refractivity contribution in [3.8, 4) is 0 Å². The number of hydrogen-bond acceptors (Lipinski definition) is 5. The zero-order valence-corrected chi connectivity index (χ0v) is 17.5. The van der Waals surface area contributed by atoms with Crippen molar-refractivity contribution in [3.05, 3.63) is 45.6 Å². The van der Waals surface area contributed by atoms with E-state index in [1.165, 1.54) is 18.4 Å². The molecule has 1 aliphatic rings. The summed E-state index contributed by atoms with van der Waals surface area (Å²) < 4.78 is 5.98. The number of methoxy groups -OCH3 is 1. The molecule has 1 aliphatic heterocycles. The zero-order valence-electron chi connectivity index (χ0n) is 15.9. The molecule has 0 saturated carbocycles. The first-order valence-corrected chi connectivity index (χ1v) is 10.4. The van der Waals surface area contributed by atoms with Crippen LogP contribution >= 0.6 is 22.9 Å². The van der Waals surface area contributed by atoms with E-state index >= 15 is 0 Å². The van der Waals surface area contributed by atoms with Gasteiger partial charge >= 0.3 is 11.8 Å². The summed E-state index contributed by atoms with van der Waals surface area (Å²) in [5.74, 6) is -1.49. The summed E-state index contributed by atoms with van der Waals surface area (Å²) in [6.45, 7) is 0.795. The lowest BCUT2D eigenvalue weighted by molar-refractivity contribution is -0.136. The van der Waals surface area contributed by atoms with Gasteiger partial charge in [-0.25, -0.2) is 0 Å². The molecule has 1 aromatic heterocycles. The van der Waals surface area contributed by atoms with Gasteiger partial charge in [-0.1, -0.05) is 17.7 Å². The van der Waals surface area contributed by atoms with Crippen molar-refractivity contribution >= 4 is 52.0 Å². The standard InChI is InChI=1S/C20H22ClN3O4S/c1-28-15(16-8-9-17(21)29-16)12-22-19(26)20(27)23-13-5-4-6-14(11-13)24-10-3-2-7-18(24)25/h4-6,8-9,11,15H,2-3,7,10,12H2,1H3,(H,22,26)(H,23,27)/t15-/m1/s1. The molecule has 0 spiro atoms. The third-order valence-corrected chi connectivity index (χ3v) is 5.91. The van der Waals surface area contributed by atoms with Crippen LogP contribution in [0, 0.1) is 0 Å². The summed E-state index contributed by atoms with van der Waals surface area (Å²) in [6, 6.07) is 10.5. The number of thiophene rings is 1. The van der Waals surface area contributed by atoms with Crippen LogP contribution in [0.3, 0.4) is 0 Å². The lowest BCUT2D eigenvalue weighted by Crippen LogP contribution is -2.38. The molecular formula is C20H22ClN3O4S. The van der Waals surface area contributed by atoms with Crippen LogP contribution in [0.15, 0.2) is 36.4 Å². The molecule has 2 N–H and O–H groups in total. The Hall–Kier alpha value is -2.42. The van der Waals surface area contributed by atoms with Crippen molar-refractivity contribution in [2.75, 3.05) is 30.4 Å². The zero-order chi connectivity index (χ0) is 20.8. The van der Waals surface area contributed by atoms with E-state index in [1.54, 1.807) is 29.2 Å². The van der Waals surface area contributed by atoms with Crippen LogP contribution in [0.4, 0.5) is 11.4 Å². The minimum atomic E-state index is -0.786. The second-order valence-electron chi connectivity index (χ2n) is 6.58. The summed E-state index contributed by atoms with van der Waals surface area (Å²) in [5.41, 5.74) is 1.16. The van der Waals surface area contributed by atoms with E-state index in [-0.39, 0.29) is 12.5 Å². The van der Waals surface area contributed by atoms with Crippen LogP contribution in [0.1, 0.15) is 30.2 Å². The SMILES string of the molecule is CO[C@H](CNC(=O)C(=O)Nc1cccc(N2CCCCC2=O)c1)c1ccc(Cl)s1. The molecule has 7 nitrogen and oxygen atoms in total. The average Bonchev–Trinajstić information content (AvgIpc) is 3.15. The van der Waals surface area contributed by atoms with Gasteiger partial charge in [-0.05, 0) is 43.2 Å². The number of amides is 3. The van der Waals surface area contributed by atoms with E-state index < -0.39 is 17.9 Å². The van der Waals surface area contributed by atoms with Gasteiger partial charge in [-0.2, -0.15) is 0 Å². The van der Waals surface area contributed by atoms with Gasteiger partial charge in [0.25, 0.3) is 0 Å². The van der Waals surface area contributed by atoms with E-state index in [0.717, 1.165) is 17.7 Å². The Morgan fingerprint density at radius 2 is 2.07 bits per heavy atom. The van der Waals surface area contributed by atoms with Crippen molar-refractivity contribution in [3.63, 3.8) is 0 Å². The molecule has 2 heterocycles. The van der Waals surface area contributed by atoms with E-state index in [4.69, 9.17) is 16.3 Å². The first-order valence-electron chi connectivity index (χ1n) is 9.25. The van der Waals surface area contributed by atoms with E-state index in [2.05, 4.69) is 10.6 Å². The lowest BCUT2D eigenvalue weighted by atomic mass is 10.1. The fraction of sp³-hybridized carbons (Fsp3) is 0.350. The van der Waals surface area contributed by atoms with Crippen molar-refractivity contribution < 1.29 is 19.1 Å². The Balaban J connectivity index is 1.57. The van der Waals surface area contributed by atoms with Crippen LogP contribution in [0.5, 0.6) is 0 Å². The number of nitrogens with zero attached hydrogens (tertiary/aromatic N) is 1. The lowest BCUT2D eigenvalue weighted by Gasteiger charge is -2.27. The molecule has 1 aromatic carbocycles. The van der Waals surface area contributed by atoms with Gasteiger partial charge in [0.2, 0.25) is 5.91 Å². The minimum Gasteiger partial charge on any atom is -0.374 e. The topological polar surface area (TPSA) is 87.7 Å². The Morgan fingerprint density at radius 3 is 2.76 bits per heavy atom. The Bertz CT molecular complexity index is 901. The largest absolute Gasteiger partial charge is 0.374 e. The molecule has 1 saturated heterocycles. The molecule has 9 heteroatoms. The number of anilines is 2. The third kappa shape index (κ3) is 5.56. The third-order valence-electron chi connectivity index (χ3n) is 4.59. The van der Waals surface area contributed by atoms with Gasteiger partial charge in [0.15, 0.2) is 0 Å². The summed E-state index contributed by atoms with van der Waals surface area (Å²) in [4.78, 5) is 39.1. The molecule has 0 bridgehead atoms. The van der Waals surface area contributed by atoms with E-state index in [0.29, 0.717) is 28.7 Å². The highest BCUT2D eigenvalue weighted by Crippen LogP contribution is 2.28. The molecule has 0 radical (unpaired) electrons. The van der Waals surface area contributed by atoms with Crippen LogP contribution in [-0.2, 0) is 19.1 Å². The number of ether oxygens (including phenoxy) is 1. The second kappa shape index (κ2) is 9.87. The molecule has 29 heavy (non-hydrogen) atoms. The molecule has 3 amide bonds. The van der Waals surface area contributed by atoms with Gasteiger partial charge in [0, 0.05) is 42.9 Å². The van der Waals surface area contributed by atoms with Gasteiger partial charge < -0.3 is 20.3 Å². The summed E-state index contributed by atoms with van der Waals surface area (Å²) in [5, 5.41) is 5.14. The maximum absolute atomic E-state index is 12.2. The van der Waals surface area contributed by atoms with Gasteiger partial charge in [0.1, 0.15) is 6.10 Å². The fourth-order valence-electron chi connectivity index (χ4n) is 3.09. The maximum Gasteiger partial charge on any atom is 0.313 e. The Morgan fingerprint density at radius 1 is 1.24 bits per heavy atom. The van der Waals surface area contributed by atoms with E-state index in [9.17, 15) is 14.4 Å². The molecule has 2 aromatic rings. The highest BCUT2D eigenvalue weighted by atomic mass is 35.5. The van der Waals surface area contributed by atoms with Crippen LogP contribution in [0.2, 0.25) is 4.34 Å². The monoisotopic (exact) mass is 435 g/mol. The first-order chi connectivity index (χ1) is 14.0. The molecule has 154 valence electrons. The van der Waals surface area contributed by atoms with E-state index in [1.807, 2.05) is 12.1 Å². The van der Waals surface area contributed by atoms with Gasteiger partial charge in [0.05, 0.1) is 4.34 Å². The average molecular weight is 436 g/mol. The van der Waals surface area contributed by atoms with Crippen LogP contribution < -0.4 is 15.5 Å². The summed E-state index contributed by atoms with van der Waals surface area (Å²) in [7, 11) is 1.53. The first kappa shape index (κ1) is 21.3.